The van der Waals surface area contributed by atoms with Crippen molar-refractivity contribution in [1.82, 2.24) is 4.90 Å². The van der Waals surface area contributed by atoms with Gasteiger partial charge in [-0.25, -0.2) is 14.6 Å². The van der Waals surface area contributed by atoms with Crippen LogP contribution in [0.4, 0.5) is 0 Å². The average molecular weight is 498 g/mol. The summed E-state index contributed by atoms with van der Waals surface area (Å²) >= 11 is 0. The summed E-state index contributed by atoms with van der Waals surface area (Å²) in [5, 5.41) is 19.1. The molecule has 1 aliphatic carbocycles. The molecule has 5 aliphatic heterocycles. The molecule has 0 aromatic carbocycles. The van der Waals surface area contributed by atoms with Crippen LogP contribution in [0.25, 0.3) is 0 Å². The molecule has 0 unspecified atom stereocenters. The summed E-state index contributed by atoms with van der Waals surface area (Å²) in [6.45, 7) is 5.96. The van der Waals surface area contributed by atoms with Crippen LogP contribution in [0, 0.1) is 23.7 Å². The molecule has 2 N–H and O–H groups in total. The second kappa shape index (κ2) is 8.95. The SMILES string of the molecule is C[C@H]1[C@H](OC(=O)CCC(=O)N2C[C@H](O)C[C@@H]2C(=O)O)O[C@@H]2O[C@]3(C)CC[C@H]4[C@H](C)CC[C@@H]1[C@]24OO3. The zero-order chi connectivity index (χ0) is 25.1. The number of rotatable bonds is 5. The summed E-state index contributed by atoms with van der Waals surface area (Å²) < 4.78 is 18.2. The number of aliphatic carboxylic acids is 1. The number of carbonyl (C=O) groups is 3. The van der Waals surface area contributed by atoms with Crippen molar-refractivity contribution in [3.05, 3.63) is 0 Å². The van der Waals surface area contributed by atoms with Gasteiger partial charge in [-0.3, -0.25) is 9.59 Å². The van der Waals surface area contributed by atoms with E-state index in [0.717, 1.165) is 24.2 Å². The lowest BCUT2D eigenvalue weighted by Crippen LogP contribution is -2.70. The van der Waals surface area contributed by atoms with Crippen molar-refractivity contribution in [1.29, 1.82) is 0 Å². The number of fused-ring (bicyclic) bond motifs is 2. The van der Waals surface area contributed by atoms with E-state index in [9.17, 15) is 24.6 Å². The first kappa shape index (κ1) is 24.9. The van der Waals surface area contributed by atoms with Crippen molar-refractivity contribution in [2.45, 2.75) is 102 Å². The van der Waals surface area contributed by atoms with Crippen LogP contribution in [-0.2, 0) is 38.4 Å². The molecule has 6 fully saturated rings. The Hall–Kier alpha value is -1.79. The molecule has 1 spiro atoms. The molecule has 10 atom stereocenters. The topological polar surface area (TPSA) is 141 Å². The molecule has 11 nitrogen and oxygen atoms in total. The van der Waals surface area contributed by atoms with E-state index in [4.69, 9.17) is 24.0 Å². The minimum absolute atomic E-state index is 0.00643. The van der Waals surface area contributed by atoms with E-state index >= 15 is 0 Å². The van der Waals surface area contributed by atoms with Crippen LogP contribution < -0.4 is 0 Å². The first-order valence-electron chi connectivity index (χ1n) is 12.6. The summed E-state index contributed by atoms with van der Waals surface area (Å²) in [7, 11) is 0. The molecule has 1 saturated carbocycles. The van der Waals surface area contributed by atoms with Crippen molar-refractivity contribution in [2.24, 2.45) is 23.7 Å². The highest BCUT2D eigenvalue weighted by molar-refractivity contribution is 5.86. The Balaban J connectivity index is 1.24. The lowest BCUT2D eigenvalue weighted by atomic mass is 9.58. The molecule has 0 aromatic rings. The van der Waals surface area contributed by atoms with Gasteiger partial charge in [0.15, 0.2) is 11.9 Å². The van der Waals surface area contributed by atoms with Gasteiger partial charge in [0.05, 0.1) is 12.5 Å². The maximum Gasteiger partial charge on any atom is 0.326 e. The van der Waals surface area contributed by atoms with Crippen molar-refractivity contribution < 1.29 is 48.6 Å². The predicted molar refractivity (Wildman–Crippen MR) is 116 cm³/mol. The second-order valence-corrected chi connectivity index (χ2v) is 11.1. The fraction of sp³-hybridized carbons (Fsp3) is 0.875. The molecule has 2 bridgehead atoms. The minimum atomic E-state index is -1.17. The second-order valence-electron chi connectivity index (χ2n) is 11.1. The van der Waals surface area contributed by atoms with E-state index in [1.807, 2.05) is 13.8 Å². The number of carboxylic acid groups (broad SMARTS) is 1. The summed E-state index contributed by atoms with van der Waals surface area (Å²) in [5.41, 5.74) is -0.756. The summed E-state index contributed by atoms with van der Waals surface area (Å²) in [6.07, 6.45) is 0.530. The van der Waals surface area contributed by atoms with Gasteiger partial charge in [-0.1, -0.05) is 13.8 Å². The monoisotopic (exact) mass is 497 g/mol. The van der Waals surface area contributed by atoms with Crippen molar-refractivity contribution in [3.8, 4) is 0 Å². The molecule has 35 heavy (non-hydrogen) atoms. The van der Waals surface area contributed by atoms with Crippen LogP contribution in [0.3, 0.4) is 0 Å². The van der Waals surface area contributed by atoms with Crippen LogP contribution in [0.15, 0.2) is 0 Å². The standard InChI is InChI=1S/C24H35NO10/c1-12-4-5-16-13(2)21(32-22-24(16)15(12)8-9-23(3,33-22)34-35-24)31-19(28)7-6-18(27)25-11-14(26)10-17(25)20(29)30/h12-17,21-22,26H,4-11H2,1-3H3,(H,29,30)/t12-,13-,14-,15+,16+,17-,21-,22-,23+,24+/m1/s1. The Bertz CT molecular complexity index is 882. The highest BCUT2D eigenvalue weighted by Gasteiger charge is 2.69. The highest BCUT2D eigenvalue weighted by Crippen LogP contribution is 2.60. The Morgan fingerprint density at radius 3 is 2.60 bits per heavy atom. The Kier molecular flexibility index (Phi) is 6.36. The number of hydrogen-bond acceptors (Lipinski definition) is 9. The van der Waals surface area contributed by atoms with Gasteiger partial charge in [-0.2, -0.15) is 0 Å². The van der Waals surface area contributed by atoms with Gasteiger partial charge in [0.2, 0.25) is 18.0 Å². The van der Waals surface area contributed by atoms with Crippen LogP contribution >= 0.6 is 0 Å². The largest absolute Gasteiger partial charge is 0.480 e. The first-order chi connectivity index (χ1) is 16.5. The zero-order valence-electron chi connectivity index (χ0n) is 20.4. The number of hydrogen-bond donors (Lipinski definition) is 2. The molecule has 5 heterocycles. The normalized spacial score (nSPS) is 46.6. The van der Waals surface area contributed by atoms with Crippen molar-refractivity contribution in [2.75, 3.05) is 6.54 Å². The van der Waals surface area contributed by atoms with Gasteiger partial charge >= 0.3 is 11.9 Å². The third-order valence-corrected chi connectivity index (χ3v) is 8.77. The Morgan fingerprint density at radius 1 is 1.09 bits per heavy atom. The number of nitrogens with zero attached hydrogens (tertiary/aromatic N) is 1. The smallest absolute Gasteiger partial charge is 0.326 e. The summed E-state index contributed by atoms with van der Waals surface area (Å²) in [5.74, 6) is -2.78. The van der Waals surface area contributed by atoms with Gasteiger partial charge in [-0.05, 0) is 38.0 Å². The molecule has 6 rings (SSSR count). The molecule has 0 aromatic heterocycles. The van der Waals surface area contributed by atoms with Crippen LogP contribution in [0.1, 0.15) is 65.7 Å². The van der Waals surface area contributed by atoms with E-state index in [-0.39, 0.29) is 43.6 Å². The number of carboxylic acids is 1. The predicted octanol–water partition coefficient (Wildman–Crippen LogP) is 1.56. The van der Waals surface area contributed by atoms with Crippen LogP contribution in [-0.4, -0.2) is 75.6 Å². The molecule has 6 aliphatic rings. The van der Waals surface area contributed by atoms with E-state index in [0.29, 0.717) is 12.3 Å². The number of likely N-dealkylation sites (tertiary alicyclic amines) is 1. The van der Waals surface area contributed by atoms with Crippen molar-refractivity contribution in [3.63, 3.8) is 0 Å². The molecular formula is C24H35NO10. The highest BCUT2D eigenvalue weighted by atomic mass is 17.3. The molecule has 1 amide bonds. The third kappa shape index (κ3) is 4.15. The lowest BCUT2D eigenvalue weighted by molar-refractivity contribution is -0.576. The molecule has 5 saturated heterocycles. The zero-order valence-corrected chi connectivity index (χ0v) is 20.4. The van der Waals surface area contributed by atoms with Crippen molar-refractivity contribution >= 4 is 17.8 Å². The summed E-state index contributed by atoms with van der Waals surface area (Å²) in [4.78, 5) is 49.6. The molecular weight excluding hydrogens is 462 g/mol. The van der Waals surface area contributed by atoms with Gasteiger partial charge in [-0.15, -0.1) is 0 Å². The number of β-amino-alcohol motifs (C(OH)–C–C–N with tert-alkyl or cyclic N) is 1. The number of ether oxygens (including phenoxy) is 3. The molecule has 0 radical (unpaired) electrons. The van der Waals surface area contributed by atoms with Crippen LogP contribution in [0.2, 0.25) is 0 Å². The van der Waals surface area contributed by atoms with Gasteiger partial charge < -0.3 is 29.3 Å². The number of carbonyl (C=O) groups excluding carboxylic acids is 2. The summed E-state index contributed by atoms with van der Waals surface area (Å²) in [6, 6.07) is -1.08. The fourth-order valence-electron chi connectivity index (χ4n) is 6.87. The third-order valence-electron chi connectivity index (χ3n) is 8.77. The molecule has 11 heteroatoms. The van der Waals surface area contributed by atoms with E-state index in [1.54, 1.807) is 0 Å². The van der Waals surface area contributed by atoms with E-state index in [1.165, 1.54) is 0 Å². The first-order valence-corrected chi connectivity index (χ1v) is 12.6. The van der Waals surface area contributed by atoms with Gasteiger partial charge in [0, 0.05) is 37.6 Å². The van der Waals surface area contributed by atoms with Gasteiger partial charge in [0.1, 0.15) is 6.04 Å². The average Bonchev–Trinajstić information content (AvgIpc) is 3.06. The number of aliphatic hydroxyl groups is 1. The Labute approximate surface area is 203 Å². The Morgan fingerprint density at radius 2 is 1.86 bits per heavy atom. The quantitative estimate of drug-likeness (QED) is 0.425. The number of amides is 1. The maximum atomic E-state index is 12.7. The maximum absolute atomic E-state index is 12.7. The fourth-order valence-corrected chi connectivity index (χ4v) is 6.87. The minimum Gasteiger partial charge on any atom is -0.480 e. The van der Waals surface area contributed by atoms with E-state index in [2.05, 4.69) is 6.92 Å². The molecule has 196 valence electrons. The van der Waals surface area contributed by atoms with Crippen LogP contribution in [0.5, 0.6) is 0 Å². The number of esters is 1. The van der Waals surface area contributed by atoms with Gasteiger partial charge in [0.25, 0.3) is 0 Å². The lowest BCUT2D eigenvalue weighted by Gasteiger charge is -2.59. The number of aliphatic hydroxyl groups excluding tert-OH is 1. The van der Waals surface area contributed by atoms with E-state index < -0.39 is 54.0 Å².